The van der Waals surface area contributed by atoms with Crippen LogP contribution in [0.15, 0.2) is 18.3 Å². The molecule has 0 radical (unpaired) electrons. The molecule has 17 heavy (non-hydrogen) atoms. The summed E-state index contributed by atoms with van der Waals surface area (Å²) in [5.41, 5.74) is 0.359. The van der Waals surface area contributed by atoms with Crippen molar-refractivity contribution in [3.05, 3.63) is 28.9 Å². The molecule has 0 spiro atoms. The topological polar surface area (TPSA) is 83.3 Å². The number of carboxylic acid groups (broad SMARTS) is 1. The highest BCUT2D eigenvalue weighted by Crippen LogP contribution is 2.32. The summed E-state index contributed by atoms with van der Waals surface area (Å²) < 4.78 is 0. The van der Waals surface area contributed by atoms with Crippen LogP contribution < -0.4 is 0 Å². The van der Waals surface area contributed by atoms with Crippen molar-refractivity contribution in [2.75, 3.05) is 0 Å². The van der Waals surface area contributed by atoms with E-state index in [-0.39, 0.29) is 11.4 Å². The molecule has 2 rings (SSSR count). The van der Waals surface area contributed by atoms with E-state index in [2.05, 4.69) is 9.97 Å². The summed E-state index contributed by atoms with van der Waals surface area (Å²) >= 11 is 1.24. The largest absolute Gasteiger partial charge is 0.506 e. The number of hydrogen-bond acceptors (Lipinski definition) is 5. The number of nitrogens with zero attached hydrogens (tertiary/aromatic N) is 2. The first-order valence-electron chi connectivity index (χ1n) is 5.00. The molecular weight excluding hydrogens is 240 g/mol. The number of pyridine rings is 1. The molecule has 2 N–H and O–H groups in total. The van der Waals surface area contributed by atoms with Gasteiger partial charge < -0.3 is 10.2 Å². The van der Waals surface area contributed by atoms with E-state index >= 15 is 0 Å². The Balaban J connectivity index is 2.54. The maximum atomic E-state index is 11.0. The third-order valence-corrected chi connectivity index (χ3v) is 3.42. The molecule has 0 unspecified atom stereocenters. The lowest BCUT2D eigenvalue weighted by atomic mass is 10.3. The van der Waals surface area contributed by atoms with Gasteiger partial charge in [-0.15, -0.1) is 11.3 Å². The predicted molar refractivity (Wildman–Crippen MR) is 63.3 cm³/mol. The summed E-state index contributed by atoms with van der Waals surface area (Å²) in [7, 11) is 0. The Morgan fingerprint density at radius 1 is 1.53 bits per heavy atom. The van der Waals surface area contributed by atoms with Crippen molar-refractivity contribution in [3.63, 3.8) is 0 Å². The molecule has 6 heteroatoms. The zero-order valence-corrected chi connectivity index (χ0v) is 9.86. The quantitative estimate of drug-likeness (QED) is 0.872. The molecule has 0 atom stereocenters. The van der Waals surface area contributed by atoms with Crippen LogP contribution in [0.5, 0.6) is 5.75 Å². The van der Waals surface area contributed by atoms with Crippen LogP contribution in [0.25, 0.3) is 10.7 Å². The molecule has 2 heterocycles. The Morgan fingerprint density at radius 3 is 2.82 bits per heavy atom. The Hall–Kier alpha value is -1.95. The molecule has 88 valence electrons. The van der Waals surface area contributed by atoms with E-state index in [0.29, 0.717) is 22.0 Å². The number of aromatic carboxylic acids is 1. The second-order valence-electron chi connectivity index (χ2n) is 3.32. The molecule has 5 nitrogen and oxygen atoms in total. The highest BCUT2D eigenvalue weighted by Gasteiger charge is 2.18. The van der Waals surface area contributed by atoms with E-state index in [9.17, 15) is 9.90 Å². The SMILES string of the molecule is CCc1sc(-c2ncccc2O)nc1C(=O)O. The normalized spacial score (nSPS) is 10.4. The van der Waals surface area contributed by atoms with Crippen LogP contribution in [-0.2, 0) is 6.42 Å². The van der Waals surface area contributed by atoms with Gasteiger partial charge in [0.25, 0.3) is 0 Å². The van der Waals surface area contributed by atoms with E-state index in [0.717, 1.165) is 0 Å². The van der Waals surface area contributed by atoms with E-state index in [1.165, 1.54) is 23.6 Å². The number of thiazole rings is 1. The maximum Gasteiger partial charge on any atom is 0.355 e. The lowest BCUT2D eigenvalue weighted by molar-refractivity contribution is 0.0690. The minimum Gasteiger partial charge on any atom is -0.506 e. The Morgan fingerprint density at radius 2 is 2.29 bits per heavy atom. The van der Waals surface area contributed by atoms with Crippen molar-refractivity contribution >= 4 is 17.3 Å². The molecule has 0 amide bonds. The zero-order valence-electron chi connectivity index (χ0n) is 9.04. The van der Waals surface area contributed by atoms with Crippen molar-refractivity contribution in [1.29, 1.82) is 0 Å². The number of aromatic nitrogens is 2. The van der Waals surface area contributed by atoms with Gasteiger partial charge in [-0.3, -0.25) is 0 Å². The molecule has 0 aliphatic carbocycles. The van der Waals surface area contributed by atoms with Gasteiger partial charge in [-0.25, -0.2) is 14.8 Å². The van der Waals surface area contributed by atoms with Crippen LogP contribution >= 0.6 is 11.3 Å². The Kier molecular flexibility index (Phi) is 3.06. The van der Waals surface area contributed by atoms with Gasteiger partial charge in [0.1, 0.15) is 16.5 Å². The summed E-state index contributed by atoms with van der Waals surface area (Å²) in [5.74, 6) is -1.05. The summed E-state index contributed by atoms with van der Waals surface area (Å²) in [4.78, 5) is 19.7. The summed E-state index contributed by atoms with van der Waals surface area (Å²) in [6, 6.07) is 3.10. The van der Waals surface area contributed by atoms with Crippen molar-refractivity contribution in [2.45, 2.75) is 13.3 Å². The number of carboxylic acids is 1. The lowest BCUT2D eigenvalue weighted by Gasteiger charge is -1.97. The molecule has 0 saturated heterocycles. The first-order valence-corrected chi connectivity index (χ1v) is 5.82. The predicted octanol–water partition coefficient (Wildman–Crippen LogP) is 2.17. The van der Waals surface area contributed by atoms with Crippen LogP contribution in [-0.4, -0.2) is 26.2 Å². The van der Waals surface area contributed by atoms with Crippen LogP contribution in [0.2, 0.25) is 0 Å². The van der Waals surface area contributed by atoms with E-state index in [1.807, 2.05) is 6.92 Å². The second kappa shape index (κ2) is 4.50. The average Bonchev–Trinajstić information content (AvgIpc) is 2.73. The molecule has 0 aliphatic rings. The summed E-state index contributed by atoms with van der Waals surface area (Å²) in [6.07, 6.45) is 2.12. The highest BCUT2D eigenvalue weighted by molar-refractivity contribution is 7.15. The van der Waals surface area contributed by atoms with Gasteiger partial charge in [-0.2, -0.15) is 0 Å². The number of hydrogen-bond donors (Lipinski definition) is 2. The van der Waals surface area contributed by atoms with Crippen molar-refractivity contribution in [2.24, 2.45) is 0 Å². The molecule has 0 fully saturated rings. The van der Waals surface area contributed by atoms with E-state index < -0.39 is 5.97 Å². The van der Waals surface area contributed by atoms with Crippen LogP contribution in [0.1, 0.15) is 22.3 Å². The third-order valence-electron chi connectivity index (χ3n) is 2.21. The van der Waals surface area contributed by atoms with Gasteiger partial charge in [0, 0.05) is 11.1 Å². The summed E-state index contributed by atoms with van der Waals surface area (Å²) in [5, 5.41) is 19.0. The average molecular weight is 250 g/mol. The molecule has 2 aromatic rings. The lowest BCUT2D eigenvalue weighted by Crippen LogP contribution is -2.00. The van der Waals surface area contributed by atoms with Crippen molar-refractivity contribution in [1.82, 2.24) is 9.97 Å². The van der Waals surface area contributed by atoms with Gasteiger partial charge in [-0.1, -0.05) is 6.92 Å². The van der Waals surface area contributed by atoms with Gasteiger partial charge in [-0.05, 0) is 18.6 Å². The first kappa shape index (κ1) is 11.5. The standard InChI is InChI=1S/C11H10N2O3S/c1-2-7-9(11(15)16)13-10(17-7)8-6(14)4-3-5-12-8/h3-5,14H,2H2,1H3,(H,15,16). The summed E-state index contributed by atoms with van der Waals surface area (Å²) in [6.45, 7) is 1.86. The minimum atomic E-state index is -1.06. The molecule has 0 aromatic carbocycles. The second-order valence-corrected chi connectivity index (χ2v) is 4.40. The van der Waals surface area contributed by atoms with Crippen molar-refractivity contribution in [3.8, 4) is 16.5 Å². The van der Waals surface area contributed by atoms with Crippen LogP contribution in [0, 0.1) is 0 Å². The maximum absolute atomic E-state index is 11.0. The van der Waals surface area contributed by atoms with Gasteiger partial charge in [0.15, 0.2) is 5.69 Å². The third kappa shape index (κ3) is 2.12. The van der Waals surface area contributed by atoms with E-state index in [1.54, 1.807) is 6.07 Å². The number of aryl methyl sites for hydroxylation is 1. The fraction of sp³-hybridized carbons (Fsp3) is 0.182. The minimum absolute atomic E-state index is 0.000779. The molecule has 0 aliphatic heterocycles. The monoisotopic (exact) mass is 250 g/mol. The zero-order chi connectivity index (χ0) is 12.4. The molecular formula is C11H10N2O3S. The highest BCUT2D eigenvalue weighted by atomic mass is 32.1. The van der Waals surface area contributed by atoms with Gasteiger partial charge in [0.05, 0.1) is 0 Å². The van der Waals surface area contributed by atoms with Gasteiger partial charge >= 0.3 is 5.97 Å². The Bertz CT molecular complexity index is 566. The fourth-order valence-electron chi connectivity index (χ4n) is 1.42. The number of aromatic hydroxyl groups is 1. The smallest absolute Gasteiger partial charge is 0.355 e. The Labute approximate surface area is 101 Å². The van der Waals surface area contributed by atoms with Crippen molar-refractivity contribution < 1.29 is 15.0 Å². The first-order chi connectivity index (χ1) is 8.13. The number of rotatable bonds is 3. The molecule has 2 aromatic heterocycles. The fourth-order valence-corrected chi connectivity index (χ4v) is 2.42. The van der Waals surface area contributed by atoms with Crippen LogP contribution in [0.3, 0.4) is 0 Å². The van der Waals surface area contributed by atoms with Gasteiger partial charge in [0.2, 0.25) is 0 Å². The molecule has 0 saturated carbocycles. The molecule has 0 bridgehead atoms. The van der Waals surface area contributed by atoms with Crippen LogP contribution in [0.4, 0.5) is 0 Å². The number of carbonyl (C=O) groups is 1. The van der Waals surface area contributed by atoms with E-state index in [4.69, 9.17) is 5.11 Å².